The monoisotopic (exact) mass is 339 g/mol. The van der Waals surface area contributed by atoms with E-state index in [-0.39, 0.29) is 6.10 Å². The number of ether oxygens (including phenoxy) is 1. The highest BCUT2D eigenvalue weighted by atomic mass is 79.9. The van der Waals surface area contributed by atoms with Gasteiger partial charge in [-0.15, -0.1) is 0 Å². The third kappa shape index (κ3) is 2.35. The molecule has 98 valence electrons. The van der Waals surface area contributed by atoms with Crippen LogP contribution in [0.3, 0.4) is 0 Å². The van der Waals surface area contributed by atoms with Crippen LogP contribution in [-0.4, -0.2) is 15.5 Å². The lowest BCUT2D eigenvalue weighted by Gasteiger charge is -2.11. The molecule has 19 heavy (non-hydrogen) atoms. The van der Waals surface area contributed by atoms with Gasteiger partial charge < -0.3 is 10.5 Å². The summed E-state index contributed by atoms with van der Waals surface area (Å²) < 4.78 is 9.85. The smallest absolute Gasteiger partial charge is 0.405 e. The second kappa shape index (κ2) is 4.90. The summed E-state index contributed by atoms with van der Waals surface area (Å²) in [6.45, 7) is 0. The molecule has 2 aromatic rings. The number of benzene rings is 1. The molecule has 3 rings (SSSR count). The van der Waals surface area contributed by atoms with E-state index in [2.05, 4.69) is 25.3 Å². The Labute approximate surface area is 122 Å². The number of carbonyl (C=O) groups is 1. The Bertz CT molecular complexity index is 644. The number of amides is 1. The molecule has 1 aliphatic carbocycles. The van der Waals surface area contributed by atoms with Gasteiger partial charge in [-0.3, -0.25) is 0 Å². The Kier molecular flexibility index (Phi) is 3.24. The van der Waals surface area contributed by atoms with Gasteiger partial charge in [0.05, 0.1) is 0 Å². The average molecular weight is 340 g/mol. The van der Waals surface area contributed by atoms with Crippen LogP contribution in [0.5, 0.6) is 0 Å². The van der Waals surface area contributed by atoms with Crippen molar-refractivity contribution in [2.24, 2.45) is 5.73 Å². The zero-order valence-corrected chi connectivity index (χ0v) is 12.2. The quantitative estimate of drug-likeness (QED) is 0.911. The van der Waals surface area contributed by atoms with Crippen LogP contribution in [0, 0.1) is 0 Å². The standard InChI is InChI=1S/C12H10BrN3O2S/c13-11-15-10(19-16-11)8-3-1-2-7-6(8)4-5-9(7)18-12(14)17/h1-3,9H,4-5H2,(H2,14,17). The average Bonchev–Trinajstić information content (AvgIpc) is 2.96. The maximum absolute atomic E-state index is 10.9. The molecule has 1 heterocycles. The highest BCUT2D eigenvalue weighted by molar-refractivity contribution is 9.10. The lowest BCUT2D eigenvalue weighted by atomic mass is 10.0. The van der Waals surface area contributed by atoms with E-state index in [9.17, 15) is 4.79 Å². The first kappa shape index (κ1) is 12.6. The number of aromatic nitrogens is 2. The van der Waals surface area contributed by atoms with Gasteiger partial charge >= 0.3 is 6.09 Å². The predicted molar refractivity (Wildman–Crippen MR) is 74.8 cm³/mol. The molecule has 1 amide bonds. The van der Waals surface area contributed by atoms with Crippen molar-refractivity contribution in [3.8, 4) is 10.6 Å². The summed E-state index contributed by atoms with van der Waals surface area (Å²) >= 11 is 4.60. The van der Waals surface area contributed by atoms with E-state index >= 15 is 0 Å². The second-order valence-electron chi connectivity index (χ2n) is 4.21. The zero-order valence-electron chi connectivity index (χ0n) is 9.80. The van der Waals surface area contributed by atoms with Crippen LogP contribution in [0.15, 0.2) is 22.9 Å². The van der Waals surface area contributed by atoms with Crippen LogP contribution < -0.4 is 5.73 Å². The Morgan fingerprint density at radius 2 is 2.37 bits per heavy atom. The largest absolute Gasteiger partial charge is 0.441 e. The lowest BCUT2D eigenvalue weighted by Crippen LogP contribution is -2.15. The van der Waals surface area contributed by atoms with Crippen molar-refractivity contribution in [1.82, 2.24) is 9.36 Å². The fourth-order valence-corrected chi connectivity index (χ4v) is 3.53. The molecule has 0 saturated heterocycles. The Balaban J connectivity index is 2.02. The highest BCUT2D eigenvalue weighted by Gasteiger charge is 2.28. The van der Waals surface area contributed by atoms with E-state index in [1.54, 1.807) is 0 Å². The Morgan fingerprint density at radius 1 is 1.53 bits per heavy atom. The number of nitrogens with two attached hydrogens (primary N) is 1. The Hall–Kier alpha value is -1.47. The molecule has 0 radical (unpaired) electrons. The van der Waals surface area contributed by atoms with E-state index in [0.717, 1.165) is 34.5 Å². The van der Waals surface area contributed by atoms with E-state index in [1.807, 2.05) is 18.2 Å². The van der Waals surface area contributed by atoms with Crippen molar-refractivity contribution in [2.75, 3.05) is 0 Å². The summed E-state index contributed by atoms with van der Waals surface area (Å²) in [6.07, 6.45) is 0.626. The van der Waals surface area contributed by atoms with Crippen LogP contribution in [0.25, 0.3) is 10.6 Å². The number of hydrogen-bond acceptors (Lipinski definition) is 5. The molecule has 0 bridgehead atoms. The van der Waals surface area contributed by atoms with Crippen LogP contribution in [0.2, 0.25) is 0 Å². The Morgan fingerprint density at radius 3 is 3.05 bits per heavy atom. The summed E-state index contributed by atoms with van der Waals surface area (Å²) in [7, 11) is 0. The number of hydrogen-bond donors (Lipinski definition) is 1. The van der Waals surface area contributed by atoms with Gasteiger partial charge in [0.25, 0.3) is 0 Å². The molecule has 5 nitrogen and oxygen atoms in total. The molecule has 0 spiro atoms. The molecule has 2 N–H and O–H groups in total. The fourth-order valence-electron chi connectivity index (χ4n) is 2.39. The van der Waals surface area contributed by atoms with Crippen molar-refractivity contribution in [1.29, 1.82) is 0 Å². The maximum atomic E-state index is 10.9. The SMILES string of the molecule is NC(=O)OC1CCc2c(-c3nc(Br)ns3)cccc21. The van der Waals surface area contributed by atoms with Gasteiger partial charge in [-0.1, -0.05) is 18.2 Å². The summed E-state index contributed by atoms with van der Waals surface area (Å²) in [6, 6.07) is 5.92. The molecule has 0 fully saturated rings. The number of rotatable bonds is 2. The number of nitrogens with zero attached hydrogens (tertiary/aromatic N) is 2. The normalized spacial score (nSPS) is 17.2. The zero-order chi connectivity index (χ0) is 13.4. The summed E-state index contributed by atoms with van der Waals surface area (Å²) in [5, 5.41) is 0.864. The number of primary amides is 1. The fraction of sp³-hybridized carbons (Fsp3) is 0.250. The van der Waals surface area contributed by atoms with Crippen molar-refractivity contribution >= 4 is 33.6 Å². The number of halogens is 1. The van der Waals surface area contributed by atoms with Gasteiger partial charge in [0.2, 0.25) is 4.73 Å². The number of carbonyl (C=O) groups excluding carboxylic acids is 1. The topological polar surface area (TPSA) is 78.1 Å². The first-order valence-corrected chi connectivity index (χ1v) is 7.29. The van der Waals surface area contributed by atoms with E-state index in [0.29, 0.717) is 4.73 Å². The van der Waals surface area contributed by atoms with Crippen molar-refractivity contribution < 1.29 is 9.53 Å². The van der Waals surface area contributed by atoms with Crippen LogP contribution in [0.4, 0.5) is 4.79 Å². The molecule has 0 aliphatic heterocycles. The van der Waals surface area contributed by atoms with Gasteiger partial charge in [-0.2, -0.15) is 4.37 Å². The molecular weight excluding hydrogens is 330 g/mol. The molecule has 1 atom stereocenters. The van der Waals surface area contributed by atoms with Crippen molar-refractivity contribution in [2.45, 2.75) is 18.9 Å². The lowest BCUT2D eigenvalue weighted by molar-refractivity contribution is 0.107. The molecule has 1 aliphatic rings. The minimum Gasteiger partial charge on any atom is -0.441 e. The molecule has 1 unspecified atom stereocenters. The van der Waals surface area contributed by atoms with E-state index in [4.69, 9.17) is 10.5 Å². The van der Waals surface area contributed by atoms with Gasteiger partial charge in [0, 0.05) is 5.56 Å². The van der Waals surface area contributed by atoms with Crippen molar-refractivity contribution in [3.63, 3.8) is 0 Å². The summed E-state index contributed by atoms with van der Waals surface area (Å²) in [5.41, 5.74) is 8.33. The minimum absolute atomic E-state index is 0.246. The molecule has 7 heteroatoms. The van der Waals surface area contributed by atoms with Crippen LogP contribution in [0.1, 0.15) is 23.7 Å². The third-order valence-corrected chi connectivity index (χ3v) is 4.44. The van der Waals surface area contributed by atoms with Gasteiger partial charge in [0.1, 0.15) is 11.1 Å². The maximum Gasteiger partial charge on any atom is 0.405 e. The summed E-state index contributed by atoms with van der Waals surface area (Å²) in [5.74, 6) is 0. The highest BCUT2D eigenvalue weighted by Crippen LogP contribution is 2.40. The predicted octanol–water partition coefficient (Wildman–Crippen LogP) is 3.05. The van der Waals surface area contributed by atoms with E-state index < -0.39 is 6.09 Å². The molecular formula is C12H10BrN3O2S. The summed E-state index contributed by atoms with van der Waals surface area (Å²) in [4.78, 5) is 15.2. The first-order valence-electron chi connectivity index (χ1n) is 5.72. The third-order valence-electron chi connectivity index (χ3n) is 3.11. The van der Waals surface area contributed by atoms with Gasteiger partial charge in [-0.05, 0) is 51.4 Å². The molecule has 1 aromatic heterocycles. The van der Waals surface area contributed by atoms with Crippen LogP contribution in [-0.2, 0) is 11.2 Å². The van der Waals surface area contributed by atoms with Crippen molar-refractivity contribution in [3.05, 3.63) is 34.1 Å². The minimum atomic E-state index is -0.734. The number of fused-ring (bicyclic) bond motifs is 1. The van der Waals surface area contributed by atoms with E-state index in [1.165, 1.54) is 11.5 Å². The second-order valence-corrected chi connectivity index (χ2v) is 5.67. The van der Waals surface area contributed by atoms with Crippen LogP contribution >= 0.6 is 27.5 Å². The van der Waals surface area contributed by atoms with Gasteiger partial charge in [-0.25, -0.2) is 9.78 Å². The molecule has 1 aromatic carbocycles. The first-order chi connectivity index (χ1) is 9.15. The van der Waals surface area contributed by atoms with Gasteiger partial charge in [0.15, 0.2) is 0 Å². The molecule has 0 saturated carbocycles.